The van der Waals surface area contributed by atoms with Crippen LogP contribution in [0, 0.1) is 0 Å². The van der Waals surface area contributed by atoms with E-state index in [4.69, 9.17) is 5.73 Å². The number of β-lactam (4-membered cyclic amide) rings is 1. The summed E-state index contributed by atoms with van der Waals surface area (Å²) >= 11 is 2.21. The van der Waals surface area contributed by atoms with Gasteiger partial charge >= 0.3 is 0 Å². The van der Waals surface area contributed by atoms with Gasteiger partial charge in [0.15, 0.2) is 23.2 Å². The van der Waals surface area contributed by atoms with Crippen molar-refractivity contribution < 1.29 is 44.0 Å². The molecule has 48 heavy (non-hydrogen) atoms. The number of aliphatic carboxylic acids is 1. The number of aromatic nitrogens is 2. The molecule has 2 atom stereocenters. The SMILES string of the molecule is Nc1nc(/C(=N/O)C(=O)N[C@@H]2C(=O)N3C(C(=O)[O-])=C(/C=C4\CCN(c5ccc[n+](CC(=O)Nc6ccc(O)cc6)c5)C4=O)CS[C@H]23)cs1. The van der Waals surface area contributed by atoms with Crippen molar-refractivity contribution >= 4 is 74.9 Å². The van der Waals surface area contributed by atoms with Crippen molar-refractivity contribution in [1.82, 2.24) is 15.2 Å². The lowest BCUT2D eigenvalue weighted by atomic mass is 10.0. The number of thiazole rings is 1. The van der Waals surface area contributed by atoms with Gasteiger partial charge in [0.25, 0.3) is 23.6 Å². The van der Waals surface area contributed by atoms with Crippen LogP contribution in [0.3, 0.4) is 0 Å². The number of nitrogens with two attached hydrogens (primary N) is 1. The fraction of sp³-hybridized carbons (Fsp3) is 0.200. The molecule has 246 valence electrons. The van der Waals surface area contributed by atoms with Crippen LogP contribution in [0.5, 0.6) is 5.75 Å². The topological polar surface area (TPSA) is 235 Å². The molecule has 2 aromatic heterocycles. The van der Waals surface area contributed by atoms with Crippen molar-refractivity contribution in [3.05, 3.63) is 82.8 Å². The Bertz CT molecular complexity index is 1940. The van der Waals surface area contributed by atoms with E-state index in [0.29, 0.717) is 29.9 Å². The number of hydrogen-bond donors (Lipinski definition) is 5. The molecule has 1 aromatic carbocycles. The molecule has 0 saturated carbocycles. The summed E-state index contributed by atoms with van der Waals surface area (Å²) < 4.78 is 1.61. The number of amides is 4. The first-order chi connectivity index (χ1) is 23.0. The van der Waals surface area contributed by atoms with Gasteiger partial charge in [0, 0.05) is 35.0 Å². The monoisotopic (exact) mass is 690 g/mol. The standard InChI is InChI=1S/C30H26N8O8S2/c31-30-33-20(14-48-30)22(35-46)25(41)34-23-27(43)38-24(29(44)45)16(13-47-28(23)38)10-15-7-9-37(26(15)42)18-2-1-8-36(11-18)12-21(40)32-17-3-5-19(39)6-4-17/h1-6,8,10-11,14,23,28H,7,9,12-13H2,(H6-,31,32,33,34,35,39,40,41,44,45,46)/b15-10+/t23-,28-/m1/s1. The van der Waals surface area contributed by atoms with Gasteiger partial charge in [-0.05, 0) is 48.4 Å². The zero-order valence-electron chi connectivity index (χ0n) is 24.7. The summed E-state index contributed by atoms with van der Waals surface area (Å²) in [5.41, 5.74) is 6.33. The predicted octanol–water partition coefficient (Wildman–Crippen LogP) is -0.697. The van der Waals surface area contributed by atoms with E-state index in [0.717, 1.165) is 16.2 Å². The van der Waals surface area contributed by atoms with Crippen molar-refractivity contribution in [3.8, 4) is 5.75 Å². The third-order valence-electron chi connectivity index (χ3n) is 7.66. The van der Waals surface area contributed by atoms with Crippen LogP contribution in [-0.4, -0.2) is 79.2 Å². The number of pyridine rings is 1. The Kier molecular flexibility index (Phi) is 8.83. The van der Waals surface area contributed by atoms with E-state index >= 15 is 0 Å². The number of rotatable bonds is 9. The van der Waals surface area contributed by atoms with Crippen LogP contribution in [0.25, 0.3) is 0 Å². The zero-order chi connectivity index (χ0) is 34.1. The highest BCUT2D eigenvalue weighted by molar-refractivity contribution is 8.00. The minimum Gasteiger partial charge on any atom is -0.543 e. The van der Waals surface area contributed by atoms with E-state index in [1.54, 1.807) is 41.2 Å². The first-order valence-corrected chi connectivity index (χ1v) is 16.2. The third-order valence-corrected chi connectivity index (χ3v) is 9.64. The number of anilines is 3. The van der Waals surface area contributed by atoms with E-state index in [1.807, 2.05) is 0 Å². The number of carboxylic acids is 1. The number of nitrogens with one attached hydrogen (secondary N) is 2. The molecule has 6 rings (SSSR count). The number of oxime groups is 1. The number of phenolic OH excluding ortho intramolecular Hbond substituents is 1. The van der Waals surface area contributed by atoms with Crippen molar-refractivity contribution in [2.24, 2.45) is 5.16 Å². The van der Waals surface area contributed by atoms with Crippen LogP contribution < -0.4 is 30.9 Å². The number of carboxylic acid groups (broad SMARTS) is 1. The molecular formula is C30H26N8O8S2. The second kappa shape index (κ2) is 13.2. The molecule has 0 bridgehead atoms. The Balaban J connectivity index is 1.14. The molecular weight excluding hydrogens is 665 g/mol. The van der Waals surface area contributed by atoms with Gasteiger partial charge in [-0.15, -0.1) is 23.1 Å². The minimum absolute atomic E-state index is 0.0124. The first-order valence-electron chi connectivity index (χ1n) is 14.3. The van der Waals surface area contributed by atoms with Gasteiger partial charge in [-0.25, -0.2) is 4.98 Å². The molecule has 16 nitrogen and oxygen atoms in total. The van der Waals surface area contributed by atoms with E-state index in [1.165, 1.54) is 40.3 Å². The van der Waals surface area contributed by atoms with Gasteiger partial charge < -0.3 is 41.5 Å². The van der Waals surface area contributed by atoms with E-state index in [-0.39, 0.29) is 46.3 Å². The Morgan fingerprint density at radius 1 is 1.21 bits per heavy atom. The van der Waals surface area contributed by atoms with Crippen LogP contribution in [-0.2, 0) is 30.5 Å². The molecule has 18 heteroatoms. The maximum absolute atomic E-state index is 13.5. The van der Waals surface area contributed by atoms with Gasteiger partial charge in [0.05, 0.1) is 11.7 Å². The highest BCUT2D eigenvalue weighted by atomic mass is 32.2. The lowest BCUT2D eigenvalue weighted by Gasteiger charge is -2.50. The molecule has 3 aliphatic rings. The molecule has 5 heterocycles. The molecule has 2 fully saturated rings. The van der Waals surface area contributed by atoms with Crippen LogP contribution in [0.2, 0.25) is 0 Å². The third kappa shape index (κ3) is 6.29. The summed E-state index contributed by atoms with van der Waals surface area (Å²) in [6.45, 7) is 0.257. The second-order valence-electron chi connectivity index (χ2n) is 10.7. The van der Waals surface area contributed by atoms with Crippen molar-refractivity contribution in [3.63, 3.8) is 0 Å². The maximum Gasteiger partial charge on any atom is 0.290 e. The number of thioether (sulfide) groups is 1. The Labute approximate surface area is 279 Å². The summed E-state index contributed by atoms with van der Waals surface area (Å²) in [4.78, 5) is 70.6. The van der Waals surface area contributed by atoms with Crippen LogP contribution >= 0.6 is 23.1 Å². The second-order valence-corrected chi connectivity index (χ2v) is 12.7. The predicted molar refractivity (Wildman–Crippen MR) is 170 cm³/mol. The number of carbonyl (C=O) groups is 5. The number of fused-ring (bicyclic) bond motifs is 1. The quantitative estimate of drug-likeness (QED) is 0.0358. The average molecular weight is 691 g/mol. The average Bonchev–Trinajstić information content (AvgIpc) is 3.65. The van der Waals surface area contributed by atoms with E-state index in [9.17, 15) is 39.4 Å². The van der Waals surface area contributed by atoms with Crippen molar-refractivity contribution in [2.75, 3.05) is 28.2 Å². The minimum atomic E-state index is -1.61. The molecule has 3 aliphatic heterocycles. The highest BCUT2D eigenvalue weighted by Crippen LogP contribution is 2.41. The van der Waals surface area contributed by atoms with E-state index in [2.05, 4.69) is 20.8 Å². The Hall–Kier alpha value is -5.75. The molecule has 0 spiro atoms. The fourth-order valence-corrected chi connectivity index (χ4v) is 7.30. The summed E-state index contributed by atoms with van der Waals surface area (Å²) in [5, 5.41) is 40.0. The fourth-order valence-electron chi connectivity index (χ4n) is 5.44. The largest absolute Gasteiger partial charge is 0.543 e. The Morgan fingerprint density at radius 2 is 1.98 bits per heavy atom. The summed E-state index contributed by atoms with van der Waals surface area (Å²) in [6, 6.07) is 8.33. The van der Waals surface area contributed by atoms with E-state index < -0.39 is 40.6 Å². The lowest BCUT2D eigenvalue weighted by Crippen LogP contribution is -2.71. The number of allylic oxidation sites excluding steroid dienone is 1. The van der Waals surface area contributed by atoms with Crippen molar-refractivity contribution in [2.45, 2.75) is 24.4 Å². The highest BCUT2D eigenvalue weighted by Gasteiger charge is 2.53. The number of benzene rings is 1. The summed E-state index contributed by atoms with van der Waals surface area (Å²) in [6.07, 6.45) is 5.08. The first kappa shape index (κ1) is 32.2. The van der Waals surface area contributed by atoms with Gasteiger partial charge in [0.1, 0.15) is 28.5 Å². The van der Waals surface area contributed by atoms with Crippen molar-refractivity contribution in [1.29, 1.82) is 0 Å². The van der Waals surface area contributed by atoms with Gasteiger partial charge in [-0.2, -0.15) is 4.57 Å². The number of carbonyl (C=O) groups excluding carboxylic acids is 5. The number of hydrogen-bond acceptors (Lipinski definition) is 13. The van der Waals surface area contributed by atoms with Gasteiger partial charge in [-0.1, -0.05) is 5.16 Å². The summed E-state index contributed by atoms with van der Waals surface area (Å²) in [5.74, 6) is -3.73. The summed E-state index contributed by atoms with van der Waals surface area (Å²) in [7, 11) is 0. The molecule has 3 aromatic rings. The number of aromatic hydroxyl groups is 1. The number of nitrogens with zero attached hydrogens (tertiary/aromatic N) is 5. The molecule has 0 radical (unpaired) electrons. The normalized spacial score (nSPS) is 20.1. The molecule has 4 amide bonds. The lowest BCUT2D eigenvalue weighted by molar-refractivity contribution is -0.683. The molecule has 0 unspecified atom stereocenters. The zero-order valence-corrected chi connectivity index (χ0v) is 26.4. The van der Waals surface area contributed by atoms with Crippen LogP contribution in [0.1, 0.15) is 12.1 Å². The number of nitrogen functional groups attached to an aromatic ring is 1. The maximum atomic E-state index is 13.5. The van der Waals surface area contributed by atoms with Crippen LogP contribution in [0.15, 0.2) is 82.2 Å². The molecule has 2 saturated heterocycles. The van der Waals surface area contributed by atoms with Gasteiger partial charge in [-0.3, -0.25) is 24.1 Å². The van der Waals surface area contributed by atoms with Gasteiger partial charge in [0.2, 0.25) is 6.54 Å². The molecule has 6 N–H and O–H groups in total. The van der Waals surface area contributed by atoms with Crippen LogP contribution in [0.4, 0.5) is 16.5 Å². The number of phenols is 1. The smallest absolute Gasteiger partial charge is 0.290 e. The Morgan fingerprint density at radius 3 is 2.67 bits per heavy atom. The molecule has 0 aliphatic carbocycles.